The molecule has 0 saturated heterocycles. The number of hydrogen-bond acceptors (Lipinski definition) is 5. The van der Waals surface area contributed by atoms with Gasteiger partial charge in [0, 0.05) is 6.08 Å². The van der Waals surface area contributed by atoms with Crippen molar-refractivity contribution in [1.82, 2.24) is 5.06 Å². The quantitative estimate of drug-likeness (QED) is 0.224. The zero-order valence-electron chi connectivity index (χ0n) is 19.4. The van der Waals surface area contributed by atoms with Crippen LogP contribution in [0.25, 0.3) is 6.08 Å². The largest absolute Gasteiger partial charge is 0.489 e. The van der Waals surface area contributed by atoms with Gasteiger partial charge in [0.2, 0.25) is 0 Å². The van der Waals surface area contributed by atoms with Gasteiger partial charge in [0.05, 0.1) is 6.61 Å². The summed E-state index contributed by atoms with van der Waals surface area (Å²) in [5, 5.41) is 1.05. The van der Waals surface area contributed by atoms with Crippen molar-refractivity contribution in [3.63, 3.8) is 0 Å². The lowest BCUT2D eigenvalue weighted by Crippen LogP contribution is -2.43. The van der Waals surface area contributed by atoms with E-state index in [-0.39, 0.29) is 13.2 Å². The lowest BCUT2D eigenvalue weighted by molar-refractivity contribution is -0.207. The number of esters is 1. The van der Waals surface area contributed by atoms with Crippen LogP contribution in [0.4, 0.5) is 0 Å². The van der Waals surface area contributed by atoms with E-state index in [1.54, 1.807) is 19.9 Å². The number of ether oxygens (including phenoxy) is 2. The first-order valence-electron chi connectivity index (χ1n) is 11.2. The predicted molar refractivity (Wildman–Crippen MR) is 130 cm³/mol. The Kier molecular flexibility index (Phi) is 9.43. The Morgan fingerprint density at radius 2 is 1.44 bits per heavy atom. The van der Waals surface area contributed by atoms with Crippen molar-refractivity contribution < 1.29 is 23.9 Å². The average molecular weight is 460 g/mol. The molecule has 3 rings (SSSR count). The zero-order chi connectivity index (χ0) is 24.2. The molecule has 1 atom stereocenters. The van der Waals surface area contributed by atoms with Crippen molar-refractivity contribution in [2.45, 2.75) is 33.1 Å². The van der Waals surface area contributed by atoms with Crippen LogP contribution in [0, 0.1) is 0 Å². The van der Waals surface area contributed by atoms with Crippen LogP contribution in [0.2, 0.25) is 0 Å². The molecule has 0 aliphatic heterocycles. The second kappa shape index (κ2) is 13.0. The first kappa shape index (κ1) is 24.7. The minimum atomic E-state index is -0.894. The van der Waals surface area contributed by atoms with Crippen LogP contribution in [-0.2, 0) is 32.4 Å². The molecule has 3 aromatic carbocycles. The van der Waals surface area contributed by atoms with Crippen molar-refractivity contribution >= 4 is 18.0 Å². The van der Waals surface area contributed by atoms with Gasteiger partial charge in [-0.1, -0.05) is 72.8 Å². The molecule has 34 heavy (non-hydrogen) atoms. The first-order valence-corrected chi connectivity index (χ1v) is 11.2. The highest BCUT2D eigenvalue weighted by Crippen LogP contribution is 2.16. The van der Waals surface area contributed by atoms with Crippen LogP contribution in [0.3, 0.4) is 0 Å². The van der Waals surface area contributed by atoms with Crippen LogP contribution in [0.15, 0.2) is 91.0 Å². The highest BCUT2D eigenvalue weighted by atomic mass is 16.7. The maximum absolute atomic E-state index is 12.9. The van der Waals surface area contributed by atoms with Gasteiger partial charge in [0.25, 0.3) is 5.91 Å². The Morgan fingerprint density at radius 3 is 2.03 bits per heavy atom. The smallest absolute Gasteiger partial charge is 0.331 e. The fourth-order valence-corrected chi connectivity index (χ4v) is 3.10. The summed E-state index contributed by atoms with van der Waals surface area (Å²) in [6.45, 7) is 4.15. The summed E-state index contributed by atoms with van der Waals surface area (Å²) in [4.78, 5) is 30.9. The minimum Gasteiger partial charge on any atom is -0.489 e. The van der Waals surface area contributed by atoms with Gasteiger partial charge in [-0.15, -0.1) is 0 Å². The maximum Gasteiger partial charge on any atom is 0.331 e. The topological polar surface area (TPSA) is 65.1 Å². The summed E-state index contributed by atoms with van der Waals surface area (Å²) in [6.07, 6.45) is 3.04. The molecule has 0 aliphatic rings. The van der Waals surface area contributed by atoms with Crippen molar-refractivity contribution in [1.29, 1.82) is 0 Å². The summed E-state index contributed by atoms with van der Waals surface area (Å²) >= 11 is 0. The molecular formula is C28H29NO5. The number of nitrogens with zero attached hydrogens (tertiary/aromatic N) is 1. The van der Waals surface area contributed by atoms with Crippen LogP contribution in [0.1, 0.15) is 30.5 Å². The molecule has 0 heterocycles. The highest BCUT2D eigenvalue weighted by molar-refractivity contribution is 5.93. The van der Waals surface area contributed by atoms with E-state index in [0.29, 0.717) is 6.61 Å². The molecule has 0 aromatic heterocycles. The number of carbonyl (C=O) groups excluding carboxylic acids is 2. The molecule has 0 unspecified atom stereocenters. The summed E-state index contributed by atoms with van der Waals surface area (Å²) in [5.74, 6) is -0.255. The lowest BCUT2D eigenvalue weighted by Gasteiger charge is -2.25. The number of carbonyl (C=O) groups is 2. The lowest BCUT2D eigenvalue weighted by atomic mass is 10.2. The Morgan fingerprint density at radius 1 is 0.853 bits per heavy atom. The van der Waals surface area contributed by atoms with E-state index in [2.05, 4.69) is 0 Å². The van der Waals surface area contributed by atoms with Crippen LogP contribution >= 0.6 is 0 Å². The molecule has 6 heteroatoms. The van der Waals surface area contributed by atoms with E-state index >= 15 is 0 Å². The molecule has 0 N–H and O–H groups in total. The molecule has 6 nitrogen and oxygen atoms in total. The SMILES string of the molecule is CCOC(=O)[C@H](C)N(OCc1ccccc1)C(=O)/C=C/c1ccc(OCc2ccccc2)cc1. The van der Waals surface area contributed by atoms with E-state index in [4.69, 9.17) is 14.3 Å². The summed E-state index contributed by atoms with van der Waals surface area (Å²) in [5.41, 5.74) is 2.78. The van der Waals surface area contributed by atoms with E-state index in [1.807, 2.05) is 84.9 Å². The van der Waals surface area contributed by atoms with Gasteiger partial charge >= 0.3 is 5.97 Å². The normalized spacial score (nSPS) is 11.7. The van der Waals surface area contributed by atoms with Gasteiger partial charge < -0.3 is 9.47 Å². The standard InChI is InChI=1S/C28H29NO5/c1-3-32-28(31)22(2)29(34-21-25-12-8-5-9-13-25)27(30)19-16-23-14-17-26(18-15-23)33-20-24-10-6-4-7-11-24/h4-19,22H,3,20-21H2,1-2H3/b19-16+/t22-/m0/s1. The Hall–Kier alpha value is -3.90. The molecule has 176 valence electrons. The maximum atomic E-state index is 12.9. The second-order valence-electron chi connectivity index (χ2n) is 7.53. The van der Waals surface area contributed by atoms with E-state index in [0.717, 1.165) is 27.5 Å². The molecule has 1 amide bonds. The number of benzene rings is 3. The fraction of sp³-hybridized carbons (Fsp3) is 0.214. The van der Waals surface area contributed by atoms with E-state index in [9.17, 15) is 9.59 Å². The molecule has 0 saturated carbocycles. The second-order valence-corrected chi connectivity index (χ2v) is 7.53. The highest BCUT2D eigenvalue weighted by Gasteiger charge is 2.27. The zero-order valence-corrected chi connectivity index (χ0v) is 19.4. The number of hydrogen-bond donors (Lipinski definition) is 0. The average Bonchev–Trinajstić information content (AvgIpc) is 2.88. The van der Waals surface area contributed by atoms with Gasteiger partial charge in [0.15, 0.2) is 6.04 Å². The molecule has 0 aliphatic carbocycles. The molecule has 0 bridgehead atoms. The summed E-state index contributed by atoms with van der Waals surface area (Å²) in [7, 11) is 0. The third-order valence-corrected chi connectivity index (χ3v) is 4.96. The molecule has 0 fully saturated rings. The Balaban J connectivity index is 1.63. The monoisotopic (exact) mass is 459 g/mol. The fourth-order valence-electron chi connectivity index (χ4n) is 3.10. The van der Waals surface area contributed by atoms with Crippen molar-refractivity contribution in [2.24, 2.45) is 0 Å². The van der Waals surface area contributed by atoms with E-state index in [1.165, 1.54) is 6.08 Å². The summed E-state index contributed by atoms with van der Waals surface area (Å²) < 4.78 is 10.9. The van der Waals surface area contributed by atoms with Gasteiger partial charge in [-0.2, -0.15) is 0 Å². The van der Waals surface area contributed by atoms with Gasteiger partial charge in [-0.3, -0.25) is 9.63 Å². The molecule has 0 spiro atoms. The predicted octanol–water partition coefficient (Wildman–Crippen LogP) is 5.19. The number of amides is 1. The van der Waals surface area contributed by atoms with E-state index < -0.39 is 17.9 Å². The Labute approximate surface area is 200 Å². The van der Waals surface area contributed by atoms with Crippen LogP contribution in [-0.4, -0.2) is 29.6 Å². The van der Waals surface area contributed by atoms with Crippen LogP contribution < -0.4 is 4.74 Å². The minimum absolute atomic E-state index is 0.150. The van der Waals surface area contributed by atoms with Crippen molar-refractivity contribution in [3.8, 4) is 5.75 Å². The number of rotatable bonds is 11. The number of hydroxylamine groups is 2. The van der Waals surface area contributed by atoms with Crippen molar-refractivity contribution in [3.05, 3.63) is 108 Å². The third-order valence-electron chi connectivity index (χ3n) is 4.96. The van der Waals surface area contributed by atoms with Crippen LogP contribution in [0.5, 0.6) is 5.75 Å². The molecule has 0 radical (unpaired) electrons. The molecular weight excluding hydrogens is 430 g/mol. The first-order chi connectivity index (χ1) is 16.6. The third kappa shape index (κ3) is 7.60. The summed E-state index contributed by atoms with van der Waals surface area (Å²) in [6, 6.07) is 25.9. The van der Waals surface area contributed by atoms with Gasteiger partial charge in [-0.05, 0) is 48.7 Å². The van der Waals surface area contributed by atoms with Crippen molar-refractivity contribution in [2.75, 3.05) is 6.61 Å². The van der Waals surface area contributed by atoms with Gasteiger partial charge in [0.1, 0.15) is 19.0 Å². The Bertz CT molecular complexity index is 1060. The van der Waals surface area contributed by atoms with Gasteiger partial charge in [-0.25, -0.2) is 9.86 Å². The molecule has 3 aromatic rings.